The van der Waals surface area contributed by atoms with Gasteiger partial charge >= 0.3 is 5.76 Å². The number of oxazole rings is 1. The standard InChI is InChI=1S/C23H27FN2O2/c1-15-13-19(24)8-4-16(15)3-2-12-25-20-9-5-17(6-10-20)18-7-11-21-22(14-18)28-23(27)26-21/h4,7-8,11,13-14,17,20,25H,2-3,5-6,9-10,12H2,1H3,(H,26,27). The molecule has 28 heavy (non-hydrogen) atoms. The minimum Gasteiger partial charge on any atom is -0.408 e. The van der Waals surface area contributed by atoms with Crippen LogP contribution >= 0.6 is 0 Å². The fourth-order valence-corrected chi connectivity index (χ4v) is 4.37. The number of fused-ring (bicyclic) bond motifs is 1. The molecule has 1 fully saturated rings. The van der Waals surface area contributed by atoms with Crippen LogP contribution in [0.15, 0.2) is 45.6 Å². The second-order valence-electron chi connectivity index (χ2n) is 7.95. The van der Waals surface area contributed by atoms with Gasteiger partial charge in [-0.15, -0.1) is 0 Å². The van der Waals surface area contributed by atoms with Gasteiger partial charge in [0.25, 0.3) is 0 Å². The molecule has 1 aromatic heterocycles. The SMILES string of the molecule is Cc1cc(F)ccc1CCCNC1CCC(c2ccc3[nH]c(=O)oc3c2)CC1. The van der Waals surface area contributed by atoms with Crippen molar-refractivity contribution in [2.24, 2.45) is 0 Å². The molecular weight excluding hydrogens is 355 g/mol. The van der Waals surface area contributed by atoms with E-state index in [-0.39, 0.29) is 5.82 Å². The van der Waals surface area contributed by atoms with Crippen LogP contribution < -0.4 is 11.1 Å². The van der Waals surface area contributed by atoms with Crippen molar-refractivity contribution in [1.29, 1.82) is 0 Å². The summed E-state index contributed by atoms with van der Waals surface area (Å²) in [4.78, 5) is 14.0. The van der Waals surface area contributed by atoms with E-state index >= 15 is 0 Å². The summed E-state index contributed by atoms with van der Waals surface area (Å²) in [6, 6.07) is 11.7. The van der Waals surface area contributed by atoms with E-state index in [0.717, 1.165) is 56.1 Å². The number of aryl methyl sites for hydroxylation is 2. The molecule has 1 aliphatic rings. The second-order valence-corrected chi connectivity index (χ2v) is 7.95. The molecule has 1 saturated carbocycles. The van der Waals surface area contributed by atoms with Crippen molar-refractivity contribution in [3.8, 4) is 0 Å². The van der Waals surface area contributed by atoms with Crippen molar-refractivity contribution in [3.05, 3.63) is 69.5 Å². The molecule has 4 nitrogen and oxygen atoms in total. The zero-order valence-electron chi connectivity index (χ0n) is 16.3. The second kappa shape index (κ2) is 8.31. The van der Waals surface area contributed by atoms with Gasteiger partial charge in [-0.3, -0.25) is 4.98 Å². The maximum Gasteiger partial charge on any atom is 0.417 e. The van der Waals surface area contributed by atoms with Crippen molar-refractivity contribution in [3.63, 3.8) is 0 Å². The van der Waals surface area contributed by atoms with Gasteiger partial charge in [-0.05, 0) is 98.9 Å². The molecule has 0 spiro atoms. The first-order valence-corrected chi connectivity index (χ1v) is 10.2. The predicted octanol–water partition coefficient (Wildman–Crippen LogP) is 4.82. The number of hydrogen-bond donors (Lipinski definition) is 2. The first kappa shape index (κ1) is 18.9. The van der Waals surface area contributed by atoms with Gasteiger partial charge in [0.2, 0.25) is 0 Å². The van der Waals surface area contributed by atoms with Crippen LogP contribution in [0.2, 0.25) is 0 Å². The molecule has 2 N–H and O–H groups in total. The minimum atomic E-state index is -0.393. The summed E-state index contributed by atoms with van der Waals surface area (Å²) in [7, 11) is 0. The molecule has 0 atom stereocenters. The van der Waals surface area contributed by atoms with Crippen molar-refractivity contribution >= 4 is 11.1 Å². The van der Waals surface area contributed by atoms with E-state index in [9.17, 15) is 9.18 Å². The average Bonchev–Trinajstić information content (AvgIpc) is 3.06. The Kier molecular flexibility index (Phi) is 5.62. The van der Waals surface area contributed by atoms with Gasteiger partial charge in [0.05, 0.1) is 5.52 Å². The third-order valence-corrected chi connectivity index (χ3v) is 6.00. The number of halogens is 1. The number of benzene rings is 2. The maximum absolute atomic E-state index is 13.2. The summed E-state index contributed by atoms with van der Waals surface area (Å²) in [5.41, 5.74) is 4.95. The lowest BCUT2D eigenvalue weighted by molar-refractivity contribution is 0.342. The van der Waals surface area contributed by atoms with Crippen LogP contribution in [0.3, 0.4) is 0 Å². The van der Waals surface area contributed by atoms with Crippen LogP contribution in [0, 0.1) is 12.7 Å². The quantitative estimate of drug-likeness (QED) is 0.601. The fraction of sp³-hybridized carbons (Fsp3) is 0.435. The summed E-state index contributed by atoms with van der Waals surface area (Å²) in [6.07, 6.45) is 6.67. The highest BCUT2D eigenvalue weighted by atomic mass is 19.1. The molecule has 1 aliphatic carbocycles. The number of H-pyrrole nitrogens is 1. The third-order valence-electron chi connectivity index (χ3n) is 6.00. The lowest BCUT2D eigenvalue weighted by Crippen LogP contribution is -2.33. The highest BCUT2D eigenvalue weighted by molar-refractivity contribution is 5.72. The molecule has 5 heteroatoms. The normalized spacial score (nSPS) is 19.9. The lowest BCUT2D eigenvalue weighted by atomic mass is 9.81. The molecule has 1 heterocycles. The Morgan fingerprint density at radius 1 is 1.14 bits per heavy atom. The molecule has 2 aromatic carbocycles. The van der Waals surface area contributed by atoms with E-state index in [0.29, 0.717) is 17.5 Å². The first-order valence-electron chi connectivity index (χ1n) is 10.2. The smallest absolute Gasteiger partial charge is 0.408 e. The Labute approximate surface area is 164 Å². The van der Waals surface area contributed by atoms with Crippen molar-refractivity contribution in [2.75, 3.05) is 6.54 Å². The number of aromatic amines is 1. The van der Waals surface area contributed by atoms with Gasteiger partial charge in [0.1, 0.15) is 5.82 Å². The van der Waals surface area contributed by atoms with Crippen LogP contribution in [0.4, 0.5) is 4.39 Å². The van der Waals surface area contributed by atoms with Gasteiger partial charge in [0.15, 0.2) is 5.58 Å². The Morgan fingerprint density at radius 2 is 1.96 bits per heavy atom. The van der Waals surface area contributed by atoms with E-state index in [1.54, 1.807) is 12.1 Å². The topological polar surface area (TPSA) is 58.0 Å². The Bertz CT molecular complexity index is 999. The van der Waals surface area contributed by atoms with Crippen LogP contribution in [-0.2, 0) is 6.42 Å². The van der Waals surface area contributed by atoms with Gasteiger partial charge < -0.3 is 9.73 Å². The molecule has 0 bridgehead atoms. The fourth-order valence-electron chi connectivity index (χ4n) is 4.37. The molecule has 0 amide bonds. The highest BCUT2D eigenvalue weighted by Crippen LogP contribution is 2.34. The molecule has 0 unspecified atom stereocenters. The van der Waals surface area contributed by atoms with Gasteiger partial charge in [0, 0.05) is 6.04 Å². The highest BCUT2D eigenvalue weighted by Gasteiger charge is 2.22. The number of aromatic nitrogens is 1. The lowest BCUT2D eigenvalue weighted by Gasteiger charge is -2.29. The summed E-state index contributed by atoms with van der Waals surface area (Å²) in [5.74, 6) is -0.0191. The predicted molar refractivity (Wildman–Crippen MR) is 109 cm³/mol. The molecule has 0 saturated heterocycles. The summed E-state index contributed by atoms with van der Waals surface area (Å²) in [5, 5.41) is 3.69. The van der Waals surface area contributed by atoms with Gasteiger partial charge in [-0.2, -0.15) is 0 Å². The van der Waals surface area contributed by atoms with Crippen molar-refractivity contribution in [1.82, 2.24) is 10.3 Å². The Balaban J connectivity index is 1.23. The number of rotatable bonds is 6. The third kappa shape index (κ3) is 4.36. The largest absolute Gasteiger partial charge is 0.417 e. The van der Waals surface area contributed by atoms with Gasteiger partial charge in [-0.1, -0.05) is 12.1 Å². The Hall–Kier alpha value is -2.40. The molecule has 3 aromatic rings. The van der Waals surface area contributed by atoms with Crippen molar-refractivity contribution in [2.45, 2.75) is 57.4 Å². The van der Waals surface area contributed by atoms with Crippen LogP contribution in [0.25, 0.3) is 11.1 Å². The van der Waals surface area contributed by atoms with E-state index in [4.69, 9.17) is 4.42 Å². The number of hydrogen-bond acceptors (Lipinski definition) is 3. The molecule has 0 radical (unpaired) electrons. The average molecular weight is 382 g/mol. The van der Waals surface area contributed by atoms with Crippen LogP contribution in [0.5, 0.6) is 0 Å². The van der Waals surface area contributed by atoms with E-state index in [1.165, 1.54) is 11.1 Å². The minimum absolute atomic E-state index is 0.158. The molecular formula is C23H27FN2O2. The summed E-state index contributed by atoms with van der Waals surface area (Å²) in [6.45, 7) is 2.97. The zero-order valence-corrected chi connectivity index (χ0v) is 16.3. The zero-order chi connectivity index (χ0) is 19.5. The summed E-state index contributed by atoms with van der Waals surface area (Å²) < 4.78 is 18.4. The van der Waals surface area contributed by atoms with Gasteiger partial charge in [-0.25, -0.2) is 9.18 Å². The maximum atomic E-state index is 13.2. The van der Waals surface area contributed by atoms with Crippen molar-refractivity contribution < 1.29 is 8.81 Å². The van der Waals surface area contributed by atoms with E-state index in [1.807, 2.05) is 25.1 Å². The number of nitrogens with one attached hydrogen (secondary N) is 2. The molecule has 4 rings (SSSR count). The van der Waals surface area contributed by atoms with E-state index < -0.39 is 5.76 Å². The summed E-state index contributed by atoms with van der Waals surface area (Å²) >= 11 is 0. The first-order chi connectivity index (χ1) is 13.6. The van der Waals surface area contributed by atoms with Crippen LogP contribution in [0.1, 0.15) is 54.7 Å². The van der Waals surface area contributed by atoms with Crippen LogP contribution in [-0.4, -0.2) is 17.6 Å². The monoisotopic (exact) mass is 382 g/mol. The van der Waals surface area contributed by atoms with E-state index in [2.05, 4.69) is 16.4 Å². The molecule has 148 valence electrons. The Morgan fingerprint density at radius 3 is 2.75 bits per heavy atom. The molecule has 0 aliphatic heterocycles.